The normalized spacial score (nSPS) is 28.8. The van der Waals surface area contributed by atoms with Gasteiger partial charge in [-0.3, -0.25) is 4.55 Å². The fourth-order valence-electron chi connectivity index (χ4n) is 6.00. The fourth-order valence-corrected chi connectivity index (χ4v) is 6.30. The molecule has 4 aliphatic carbocycles. The molecule has 4 bridgehead atoms. The molecule has 196 valence electrons. The second kappa shape index (κ2) is 9.89. The Kier molecular flexibility index (Phi) is 7.41. The summed E-state index contributed by atoms with van der Waals surface area (Å²) in [6.45, 7) is 2.97. The third kappa shape index (κ3) is 6.29. The zero-order valence-electron chi connectivity index (χ0n) is 19.7. The number of alkyl halides is 3. The van der Waals surface area contributed by atoms with E-state index in [9.17, 15) is 26.4 Å². The van der Waals surface area contributed by atoms with Crippen LogP contribution in [0.5, 0.6) is 5.75 Å². The van der Waals surface area contributed by atoms with Crippen LogP contribution in [0.25, 0.3) is 0 Å². The highest BCUT2D eigenvalue weighted by atomic mass is 32.2. The quantitative estimate of drug-likeness (QED) is 0.279. The zero-order chi connectivity index (χ0) is 25.5. The van der Waals surface area contributed by atoms with E-state index in [4.69, 9.17) is 18.8 Å². The van der Waals surface area contributed by atoms with Crippen molar-refractivity contribution in [1.82, 2.24) is 0 Å². The maximum Gasteiger partial charge on any atom is 0.419 e. The first-order chi connectivity index (χ1) is 16.3. The van der Waals surface area contributed by atoms with Gasteiger partial charge < -0.3 is 14.2 Å². The smallest absolute Gasteiger partial charge is 0.419 e. The number of carbonyl (C=O) groups is 1. The number of benzene rings is 1. The summed E-state index contributed by atoms with van der Waals surface area (Å²) in [6.07, 6.45) is -0.119. The molecule has 0 amide bonds. The molecule has 4 aliphatic rings. The van der Waals surface area contributed by atoms with Crippen molar-refractivity contribution in [3.63, 3.8) is 0 Å². The van der Waals surface area contributed by atoms with Crippen molar-refractivity contribution >= 4 is 16.1 Å². The van der Waals surface area contributed by atoms with Crippen LogP contribution in [-0.4, -0.2) is 43.7 Å². The summed E-state index contributed by atoms with van der Waals surface area (Å²) < 4.78 is 88.5. The Hall–Kier alpha value is -1.85. The van der Waals surface area contributed by atoms with Crippen LogP contribution in [0.2, 0.25) is 0 Å². The molecule has 4 fully saturated rings. The molecule has 0 heterocycles. The average molecular weight is 521 g/mol. The molecular formula is C24H31F3O7S. The highest BCUT2D eigenvalue weighted by Crippen LogP contribution is 2.55. The molecule has 0 aliphatic heterocycles. The molecule has 0 saturated heterocycles. The Balaban J connectivity index is 1.52. The number of esters is 1. The van der Waals surface area contributed by atoms with E-state index < -0.39 is 52.2 Å². The van der Waals surface area contributed by atoms with Crippen molar-refractivity contribution in [2.45, 2.75) is 64.5 Å². The standard InChI is InChI=1S/C24H31F3O7S/c1-13(2)23(34-21-17-8-14-7-15(10-17)11-18(21)9-14)33-20-12-16(3-4-19(20)24(25,26)27)22(28)32-5-6-35(29,30)31/h3-4,12-15,17-18,21,23H,5-11H2,1-2H3,(H,29,30,31). The lowest BCUT2D eigenvalue weighted by atomic mass is 9.55. The van der Waals surface area contributed by atoms with E-state index in [0.29, 0.717) is 11.8 Å². The molecule has 1 atom stereocenters. The fraction of sp³-hybridized carbons (Fsp3) is 0.708. The second-order valence-corrected chi connectivity index (χ2v) is 12.0. The minimum Gasteiger partial charge on any atom is -0.464 e. The van der Waals surface area contributed by atoms with Crippen LogP contribution in [0.1, 0.15) is 61.9 Å². The van der Waals surface area contributed by atoms with Crippen LogP contribution in [0.3, 0.4) is 0 Å². The third-order valence-electron chi connectivity index (χ3n) is 7.32. The van der Waals surface area contributed by atoms with Gasteiger partial charge in [0.15, 0.2) is 0 Å². The molecule has 5 rings (SSSR count). The Morgan fingerprint density at radius 3 is 2.20 bits per heavy atom. The number of ether oxygens (including phenoxy) is 3. The Bertz CT molecular complexity index is 1010. The Labute approximate surface area is 203 Å². The number of rotatable bonds is 9. The van der Waals surface area contributed by atoms with E-state index in [1.165, 1.54) is 6.42 Å². The zero-order valence-corrected chi connectivity index (χ0v) is 20.5. The van der Waals surface area contributed by atoms with Gasteiger partial charge in [0.05, 0.1) is 17.2 Å². The van der Waals surface area contributed by atoms with Crippen LogP contribution in [0, 0.1) is 29.6 Å². The van der Waals surface area contributed by atoms with Gasteiger partial charge in [-0.1, -0.05) is 13.8 Å². The second-order valence-electron chi connectivity index (χ2n) is 10.4. The molecule has 1 aromatic rings. The van der Waals surface area contributed by atoms with Crippen molar-refractivity contribution in [2.24, 2.45) is 29.6 Å². The summed E-state index contributed by atoms with van der Waals surface area (Å²) in [5.41, 5.74) is -1.29. The first-order valence-corrected chi connectivity index (χ1v) is 13.6. The molecule has 1 aromatic carbocycles. The van der Waals surface area contributed by atoms with Gasteiger partial charge in [-0.05, 0) is 74.0 Å². The largest absolute Gasteiger partial charge is 0.464 e. The predicted octanol–water partition coefficient (Wildman–Crippen LogP) is 4.95. The molecule has 1 N–H and O–H groups in total. The summed E-state index contributed by atoms with van der Waals surface area (Å²) in [7, 11) is -4.35. The van der Waals surface area contributed by atoms with Gasteiger partial charge >= 0.3 is 12.1 Å². The van der Waals surface area contributed by atoms with E-state index in [0.717, 1.165) is 55.7 Å². The van der Waals surface area contributed by atoms with E-state index in [-0.39, 0.29) is 17.6 Å². The van der Waals surface area contributed by atoms with Gasteiger partial charge in [0.2, 0.25) is 6.29 Å². The lowest BCUT2D eigenvalue weighted by Gasteiger charge is -2.54. The summed E-state index contributed by atoms with van der Waals surface area (Å²) in [5.74, 6) is -0.438. The topological polar surface area (TPSA) is 99.1 Å². The van der Waals surface area contributed by atoms with Crippen LogP contribution >= 0.6 is 0 Å². The van der Waals surface area contributed by atoms with Gasteiger partial charge in [0, 0.05) is 5.92 Å². The summed E-state index contributed by atoms with van der Waals surface area (Å²) >= 11 is 0. The van der Waals surface area contributed by atoms with Crippen molar-refractivity contribution in [3.05, 3.63) is 29.3 Å². The molecular weight excluding hydrogens is 489 g/mol. The number of carbonyl (C=O) groups excluding carboxylic acids is 1. The van der Waals surface area contributed by atoms with Crippen LogP contribution in [0.15, 0.2) is 18.2 Å². The van der Waals surface area contributed by atoms with E-state index in [2.05, 4.69) is 0 Å². The van der Waals surface area contributed by atoms with Crippen molar-refractivity contribution in [2.75, 3.05) is 12.4 Å². The van der Waals surface area contributed by atoms with Crippen LogP contribution in [0.4, 0.5) is 13.2 Å². The van der Waals surface area contributed by atoms with Crippen molar-refractivity contribution < 1.29 is 45.1 Å². The third-order valence-corrected chi connectivity index (χ3v) is 8.00. The molecule has 0 aromatic heterocycles. The van der Waals surface area contributed by atoms with Crippen molar-refractivity contribution in [1.29, 1.82) is 0 Å². The number of hydrogen-bond donors (Lipinski definition) is 1. The maximum absolute atomic E-state index is 13.7. The number of halogens is 3. The lowest BCUT2D eigenvalue weighted by molar-refractivity contribution is -0.212. The van der Waals surface area contributed by atoms with Gasteiger partial charge in [-0.2, -0.15) is 21.6 Å². The first kappa shape index (κ1) is 26.2. The minimum absolute atomic E-state index is 0.0573. The van der Waals surface area contributed by atoms with E-state index in [1.54, 1.807) is 13.8 Å². The number of hydrogen-bond acceptors (Lipinski definition) is 6. The van der Waals surface area contributed by atoms with Gasteiger partial charge in [-0.15, -0.1) is 0 Å². The SMILES string of the molecule is CC(C)C(Oc1cc(C(=O)OCCS(=O)(=O)O)ccc1C(F)(F)F)OC1C2CC3CC(C2)CC1C3. The van der Waals surface area contributed by atoms with Gasteiger partial charge in [0.25, 0.3) is 10.1 Å². The van der Waals surface area contributed by atoms with Crippen LogP contribution < -0.4 is 4.74 Å². The van der Waals surface area contributed by atoms with Crippen molar-refractivity contribution in [3.8, 4) is 5.75 Å². The highest BCUT2D eigenvalue weighted by Gasteiger charge is 2.50. The lowest BCUT2D eigenvalue weighted by Crippen LogP contribution is -2.51. The molecule has 1 unspecified atom stereocenters. The van der Waals surface area contributed by atoms with E-state index >= 15 is 0 Å². The Morgan fingerprint density at radius 1 is 1.09 bits per heavy atom. The predicted molar refractivity (Wildman–Crippen MR) is 119 cm³/mol. The van der Waals surface area contributed by atoms with Gasteiger partial charge in [-0.25, -0.2) is 4.79 Å². The highest BCUT2D eigenvalue weighted by molar-refractivity contribution is 7.85. The molecule has 11 heteroatoms. The molecule has 0 spiro atoms. The van der Waals surface area contributed by atoms with Gasteiger partial charge in [0.1, 0.15) is 18.1 Å². The minimum atomic E-state index is -4.73. The monoisotopic (exact) mass is 520 g/mol. The summed E-state index contributed by atoms with van der Waals surface area (Å²) in [4.78, 5) is 12.3. The molecule has 0 radical (unpaired) electrons. The summed E-state index contributed by atoms with van der Waals surface area (Å²) in [6, 6.07) is 2.61. The van der Waals surface area contributed by atoms with E-state index in [1.807, 2.05) is 0 Å². The maximum atomic E-state index is 13.7. The van der Waals surface area contributed by atoms with Crippen LogP contribution in [-0.2, 0) is 25.8 Å². The molecule has 7 nitrogen and oxygen atoms in total. The molecule has 4 saturated carbocycles. The molecule has 35 heavy (non-hydrogen) atoms. The first-order valence-electron chi connectivity index (χ1n) is 12.0. The Morgan fingerprint density at radius 2 is 1.69 bits per heavy atom. The summed E-state index contributed by atoms with van der Waals surface area (Å²) in [5, 5.41) is 0. The average Bonchev–Trinajstić information content (AvgIpc) is 2.73.